The molecule has 0 bridgehead atoms. The van der Waals surface area contributed by atoms with Gasteiger partial charge in [0, 0.05) is 11.8 Å². The summed E-state index contributed by atoms with van der Waals surface area (Å²) in [5.41, 5.74) is 0.437. The third-order valence-electron chi connectivity index (χ3n) is 4.38. The van der Waals surface area contributed by atoms with Crippen LogP contribution in [-0.4, -0.2) is 36.7 Å². The van der Waals surface area contributed by atoms with E-state index in [4.69, 9.17) is 14.2 Å². The molecule has 0 radical (unpaired) electrons. The molecule has 10 nitrogen and oxygen atoms in total. The highest BCUT2D eigenvalue weighted by Gasteiger charge is 2.35. The van der Waals surface area contributed by atoms with Crippen LogP contribution in [0.15, 0.2) is 23.4 Å². The van der Waals surface area contributed by atoms with E-state index in [1.807, 2.05) is 6.92 Å². The largest absolute Gasteiger partial charge is 0.493 e. The first-order valence-corrected chi connectivity index (χ1v) is 9.67. The van der Waals surface area contributed by atoms with Crippen molar-refractivity contribution in [3.05, 3.63) is 39.1 Å². The molecule has 0 saturated heterocycles. The van der Waals surface area contributed by atoms with Crippen LogP contribution in [0.25, 0.3) is 0 Å². The van der Waals surface area contributed by atoms with Crippen molar-refractivity contribution in [2.24, 2.45) is 0 Å². The fourth-order valence-corrected chi connectivity index (χ4v) is 3.02. The van der Waals surface area contributed by atoms with Gasteiger partial charge >= 0.3 is 17.7 Å². The first-order valence-electron chi connectivity index (χ1n) is 9.67. The third-order valence-corrected chi connectivity index (χ3v) is 4.38. The smallest absolute Gasteiger partial charge is 0.338 e. The Balaban J connectivity index is 2.58. The Morgan fingerprint density at radius 2 is 2.03 bits per heavy atom. The highest BCUT2D eigenvalue weighted by Crippen LogP contribution is 2.41. The van der Waals surface area contributed by atoms with E-state index < -0.39 is 23.0 Å². The Kier molecular flexibility index (Phi) is 7.62. The van der Waals surface area contributed by atoms with Gasteiger partial charge in [0.2, 0.25) is 5.75 Å². The fourth-order valence-electron chi connectivity index (χ4n) is 3.02. The van der Waals surface area contributed by atoms with Crippen LogP contribution in [0.4, 0.5) is 10.5 Å². The van der Waals surface area contributed by atoms with Gasteiger partial charge in [0.25, 0.3) is 0 Å². The lowest BCUT2D eigenvalue weighted by molar-refractivity contribution is -0.386. The Hall–Kier alpha value is -3.30. The van der Waals surface area contributed by atoms with Gasteiger partial charge < -0.3 is 24.8 Å². The van der Waals surface area contributed by atoms with Crippen molar-refractivity contribution in [2.75, 3.05) is 13.7 Å². The number of allylic oxidation sites excluding steroid dienone is 1. The minimum absolute atomic E-state index is 0.00645. The van der Waals surface area contributed by atoms with Crippen LogP contribution < -0.4 is 20.1 Å². The summed E-state index contributed by atoms with van der Waals surface area (Å²) >= 11 is 0. The van der Waals surface area contributed by atoms with Gasteiger partial charge in [-0.15, -0.1) is 0 Å². The number of urea groups is 1. The fraction of sp³-hybridized carbons (Fsp3) is 0.500. The van der Waals surface area contributed by atoms with Crippen LogP contribution in [0.1, 0.15) is 52.1 Å². The minimum atomic E-state index is -0.956. The zero-order valence-electron chi connectivity index (χ0n) is 17.7. The van der Waals surface area contributed by atoms with Crippen LogP contribution in [0.5, 0.6) is 11.5 Å². The molecular weight excluding hydrogens is 394 g/mol. The molecule has 0 aliphatic carbocycles. The van der Waals surface area contributed by atoms with Gasteiger partial charge in [0.05, 0.1) is 36.4 Å². The second-order valence-corrected chi connectivity index (χ2v) is 7.05. The normalized spacial score (nSPS) is 16.1. The molecule has 0 fully saturated rings. The van der Waals surface area contributed by atoms with Crippen LogP contribution in [-0.2, 0) is 9.53 Å². The number of esters is 1. The van der Waals surface area contributed by atoms with E-state index in [0.29, 0.717) is 17.9 Å². The number of ether oxygens (including phenoxy) is 3. The number of unbranched alkanes of at least 4 members (excludes halogenated alkanes) is 1. The SMILES string of the molecule is CCCCOc1c(OC)cc(C2NC(=O)NC(C)=C2C(=O)OC(C)C)cc1[N+](=O)[O-]. The lowest BCUT2D eigenvalue weighted by Gasteiger charge is -2.29. The highest BCUT2D eigenvalue weighted by molar-refractivity contribution is 5.95. The molecule has 1 atom stereocenters. The number of nitro groups is 1. The lowest BCUT2D eigenvalue weighted by atomic mass is 9.94. The molecule has 2 rings (SSSR count). The van der Waals surface area contributed by atoms with E-state index >= 15 is 0 Å². The summed E-state index contributed by atoms with van der Waals surface area (Å²) in [6.07, 6.45) is 1.20. The Labute approximate surface area is 174 Å². The summed E-state index contributed by atoms with van der Waals surface area (Å²) in [6.45, 7) is 7.24. The highest BCUT2D eigenvalue weighted by atomic mass is 16.6. The molecule has 30 heavy (non-hydrogen) atoms. The summed E-state index contributed by atoms with van der Waals surface area (Å²) in [4.78, 5) is 35.9. The molecule has 0 saturated carbocycles. The van der Waals surface area contributed by atoms with Crippen LogP contribution in [0.3, 0.4) is 0 Å². The molecule has 10 heteroatoms. The zero-order valence-corrected chi connectivity index (χ0v) is 17.7. The summed E-state index contributed by atoms with van der Waals surface area (Å²) in [7, 11) is 1.37. The number of methoxy groups -OCH3 is 1. The van der Waals surface area contributed by atoms with E-state index in [2.05, 4.69) is 10.6 Å². The number of hydrogen-bond acceptors (Lipinski definition) is 7. The van der Waals surface area contributed by atoms with Crippen LogP contribution in [0.2, 0.25) is 0 Å². The molecule has 0 spiro atoms. The molecule has 1 aliphatic rings. The van der Waals surface area contributed by atoms with Crippen molar-refractivity contribution in [1.82, 2.24) is 10.6 Å². The molecule has 164 valence electrons. The van der Waals surface area contributed by atoms with Crippen molar-refractivity contribution >= 4 is 17.7 Å². The van der Waals surface area contributed by atoms with Gasteiger partial charge in [-0.2, -0.15) is 0 Å². The minimum Gasteiger partial charge on any atom is -0.493 e. The maximum Gasteiger partial charge on any atom is 0.338 e. The Morgan fingerprint density at radius 1 is 1.33 bits per heavy atom. The van der Waals surface area contributed by atoms with Crippen LogP contribution >= 0.6 is 0 Å². The predicted molar refractivity (Wildman–Crippen MR) is 108 cm³/mol. The summed E-state index contributed by atoms with van der Waals surface area (Å²) in [5.74, 6) is -0.492. The monoisotopic (exact) mass is 421 g/mol. The number of benzene rings is 1. The molecule has 2 N–H and O–H groups in total. The average molecular weight is 421 g/mol. The van der Waals surface area contributed by atoms with E-state index in [0.717, 1.165) is 12.8 Å². The van der Waals surface area contributed by atoms with Gasteiger partial charge in [-0.1, -0.05) is 13.3 Å². The van der Waals surface area contributed by atoms with Gasteiger partial charge in [-0.25, -0.2) is 9.59 Å². The molecule has 1 aromatic rings. The Morgan fingerprint density at radius 3 is 2.60 bits per heavy atom. The van der Waals surface area contributed by atoms with Gasteiger partial charge in [0.1, 0.15) is 0 Å². The Bertz CT molecular complexity index is 864. The lowest BCUT2D eigenvalue weighted by Crippen LogP contribution is -2.45. The number of nitrogens with one attached hydrogen (secondary N) is 2. The summed E-state index contributed by atoms with van der Waals surface area (Å²) < 4.78 is 16.2. The molecule has 1 unspecified atom stereocenters. The van der Waals surface area contributed by atoms with E-state index in [9.17, 15) is 19.7 Å². The zero-order chi connectivity index (χ0) is 22.4. The maximum absolute atomic E-state index is 12.7. The van der Waals surface area contributed by atoms with Crippen molar-refractivity contribution in [2.45, 2.75) is 52.7 Å². The van der Waals surface area contributed by atoms with E-state index in [1.165, 1.54) is 19.2 Å². The molecule has 0 aromatic heterocycles. The van der Waals surface area contributed by atoms with E-state index in [-0.39, 0.29) is 28.9 Å². The quantitative estimate of drug-likeness (QED) is 0.271. The molecule has 2 amide bonds. The molecule has 1 aliphatic heterocycles. The molecule has 1 heterocycles. The third kappa shape index (κ3) is 5.19. The number of nitrogens with zero attached hydrogens (tertiary/aromatic N) is 1. The molecular formula is C20H27N3O7. The maximum atomic E-state index is 12.7. The van der Waals surface area contributed by atoms with Crippen LogP contribution in [0, 0.1) is 10.1 Å². The number of hydrogen-bond donors (Lipinski definition) is 2. The average Bonchev–Trinajstić information content (AvgIpc) is 2.66. The first kappa shape index (κ1) is 23.0. The van der Waals surface area contributed by atoms with Gasteiger partial charge in [-0.05, 0) is 38.8 Å². The first-order chi connectivity index (χ1) is 14.2. The molecule has 1 aromatic carbocycles. The number of nitro benzene ring substituents is 1. The number of rotatable bonds is 9. The van der Waals surface area contributed by atoms with Crippen molar-refractivity contribution < 1.29 is 28.7 Å². The summed E-state index contributed by atoms with van der Waals surface area (Å²) in [5, 5.41) is 16.9. The number of carbonyl (C=O) groups is 2. The van der Waals surface area contributed by atoms with Gasteiger partial charge in [0.15, 0.2) is 5.75 Å². The van der Waals surface area contributed by atoms with E-state index in [1.54, 1.807) is 20.8 Å². The topological polar surface area (TPSA) is 129 Å². The van der Waals surface area contributed by atoms with Crippen molar-refractivity contribution in [1.29, 1.82) is 0 Å². The second-order valence-electron chi connectivity index (χ2n) is 7.05. The summed E-state index contributed by atoms with van der Waals surface area (Å²) in [6, 6.07) is 1.29. The predicted octanol–water partition coefficient (Wildman–Crippen LogP) is 3.36. The number of carbonyl (C=O) groups excluding carboxylic acids is 2. The second kappa shape index (κ2) is 9.95. The van der Waals surface area contributed by atoms with Crippen molar-refractivity contribution in [3.63, 3.8) is 0 Å². The van der Waals surface area contributed by atoms with Gasteiger partial charge in [-0.3, -0.25) is 10.1 Å². The number of amides is 2. The standard InChI is InChI=1S/C20H27N3O7/c1-6-7-8-29-18-14(23(26)27)9-13(10-15(18)28-5)17-16(19(24)30-11(2)3)12(4)21-20(25)22-17/h9-11,17H,6-8H2,1-5H3,(H2,21,22,25). The van der Waals surface area contributed by atoms with Crippen molar-refractivity contribution in [3.8, 4) is 11.5 Å².